The van der Waals surface area contributed by atoms with E-state index >= 15 is 0 Å². The summed E-state index contributed by atoms with van der Waals surface area (Å²) in [6.07, 6.45) is 8.16. The van der Waals surface area contributed by atoms with Gasteiger partial charge in [0.05, 0.1) is 30.0 Å². The summed E-state index contributed by atoms with van der Waals surface area (Å²) in [5.74, 6) is 1.29. The van der Waals surface area contributed by atoms with Gasteiger partial charge in [-0.2, -0.15) is 0 Å². The van der Waals surface area contributed by atoms with Crippen LogP contribution in [0, 0.1) is 0 Å². The van der Waals surface area contributed by atoms with E-state index in [1.54, 1.807) is 24.3 Å². The molecule has 5 aromatic rings. The zero-order valence-electron chi connectivity index (χ0n) is 24.1. The number of rotatable bonds is 11. The van der Waals surface area contributed by atoms with E-state index in [0.29, 0.717) is 22.2 Å². The van der Waals surface area contributed by atoms with Crippen molar-refractivity contribution in [2.45, 2.75) is 26.3 Å². The lowest BCUT2D eigenvalue weighted by atomic mass is 10.0. The Kier molecular flexibility index (Phi) is 9.98. The van der Waals surface area contributed by atoms with Gasteiger partial charge in [0, 0.05) is 23.3 Å². The Balaban J connectivity index is 1.39. The van der Waals surface area contributed by atoms with Crippen molar-refractivity contribution in [2.75, 3.05) is 13.7 Å². The number of aromatic nitrogens is 2. The molecule has 0 saturated carbocycles. The van der Waals surface area contributed by atoms with Crippen LogP contribution >= 0.6 is 23.2 Å². The molecule has 0 radical (unpaired) electrons. The second-order valence-corrected chi connectivity index (χ2v) is 11.0. The first kappa shape index (κ1) is 30.1. The molecule has 0 aliphatic carbocycles. The molecule has 5 rings (SSSR count). The Morgan fingerprint density at radius 3 is 2.42 bits per heavy atom. The van der Waals surface area contributed by atoms with Crippen molar-refractivity contribution in [3.63, 3.8) is 0 Å². The molecule has 1 heterocycles. The highest BCUT2D eigenvalue weighted by Gasteiger charge is 2.13. The van der Waals surface area contributed by atoms with Crippen molar-refractivity contribution >= 4 is 41.3 Å². The topological polar surface area (TPSA) is 53.4 Å². The van der Waals surface area contributed by atoms with Gasteiger partial charge in [-0.25, -0.2) is 9.78 Å². The second-order valence-electron chi connectivity index (χ2n) is 10.1. The zero-order valence-corrected chi connectivity index (χ0v) is 25.6. The lowest BCUT2D eigenvalue weighted by Crippen LogP contribution is -2.03. The van der Waals surface area contributed by atoms with Gasteiger partial charge in [-0.3, -0.25) is 0 Å². The molecule has 0 bridgehead atoms. The first-order chi connectivity index (χ1) is 20.9. The van der Waals surface area contributed by atoms with Crippen molar-refractivity contribution in [3.05, 3.63) is 130 Å². The fourth-order valence-electron chi connectivity index (χ4n) is 4.63. The van der Waals surface area contributed by atoms with Crippen molar-refractivity contribution in [2.24, 2.45) is 0 Å². The Hall–Kier alpha value is -4.32. The highest BCUT2D eigenvalue weighted by atomic mass is 35.5. The molecule has 0 atom stereocenters. The number of halogens is 2. The van der Waals surface area contributed by atoms with Crippen LogP contribution in [0.3, 0.4) is 0 Å². The first-order valence-electron chi connectivity index (χ1n) is 14.1. The minimum absolute atomic E-state index is 0.364. The number of ether oxygens (including phenoxy) is 2. The molecule has 0 N–H and O–H groups in total. The summed E-state index contributed by atoms with van der Waals surface area (Å²) < 4.78 is 12.8. The lowest BCUT2D eigenvalue weighted by molar-refractivity contribution is 0.0600. The predicted octanol–water partition coefficient (Wildman–Crippen LogP) is 9.71. The van der Waals surface area contributed by atoms with Crippen LogP contribution in [0.15, 0.2) is 97.2 Å². The highest BCUT2D eigenvalue weighted by Crippen LogP contribution is 2.31. The normalized spacial score (nSPS) is 11.2. The molecule has 0 aliphatic heterocycles. The van der Waals surface area contributed by atoms with Crippen molar-refractivity contribution in [1.82, 2.24) is 9.55 Å². The van der Waals surface area contributed by atoms with Crippen molar-refractivity contribution < 1.29 is 14.3 Å². The maximum atomic E-state index is 11.9. The first-order valence-corrected chi connectivity index (χ1v) is 14.9. The van der Waals surface area contributed by atoms with E-state index in [4.69, 9.17) is 37.7 Å². The van der Waals surface area contributed by atoms with Crippen LogP contribution in [-0.4, -0.2) is 29.2 Å². The van der Waals surface area contributed by atoms with E-state index in [1.165, 1.54) is 7.11 Å². The number of benzene rings is 4. The standard InChI is InChI=1S/C36H32Cl2N2O3/c1-3-4-20-43-31-7-5-6-29(21-31)27-13-8-25(9-14-27)12-19-35-39-34(32-18-17-30(37)22-33(32)38)24-40(35)23-26-10-15-28(16-11-26)36(41)42-2/h5-19,21-22,24H,3-4,20,23H2,1-2H3. The molecule has 0 aliphatic rings. The van der Waals surface area contributed by atoms with E-state index < -0.39 is 0 Å². The maximum absolute atomic E-state index is 11.9. The quantitative estimate of drug-likeness (QED) is 0.110. The SMILES string of the molecule is CCCCOc1cccc(-c2ccc(C=Cc3nc(-c4ccc(Cl)cc4Cl)cn3Cc3ccc(C(=O)OC)cc3)cc2)c1. The average Bonchev–Trinajstić information content (AvgIpc) is 3.42. The van der Waals surface area contributed by atoms with Crippen LogP contribution < -0.4 is 4.74 Å². The molecule has 7 heteroatoms. The van der Waals surface area contributed by atoms with Gasteiger partial charge in [0.25, 0.3) is 0 Å². The number of carbonyl (C=O) groups excluding carboxylic acids is 1. The maximum Gasteiger partial charge on any atom is 0.337 e. The van der Waals surface area contributed by atoms with Gasteiger partial charge >= 0.3 is 5.97 Å². The Bertz CT molecular complexity index is 1720. The van der Waals surface area contributed by atoms with Gasteiger partial charge in [0.2, 0.25) is 0 Å². The van der Waals surface area contributed by atoms with Gasteiger partial charge in [0.15, 0.2) is 0 Å². The molecule has 0 amide bonds. The summed E-state index contributed by atoms with van der Waals surface area (Å²) in [5.41, 5.74) is 6.33. The van der Waals surface area contributed by atoms with E-state index in [9.17, 15) is 4.79 Å². The van der Waals surface area contributed by atoms with Gasteiger partial charge in [0.1, 0.15) is 11.6 Å². The third kappa shape index (κ3) is 7.75. The number of hydrogen-bond donors (Lipinski definition) is 0. The summed E-state index contributed by atoms with van der Waals surface area (Å²) in [4.78, 5) is 16.8. The van der Waals surface area contributed by atoms with Crippen LogP contribution in [0.25, 0.3) is 34.5 Å². The molecule has 0 saturated heterocycles. The Morgan fingerprint density at radius 1 is 0.907 bits per heavy atom. The molecule has 0 unspecified atom stereocenters. The number of imidazole rings is 1. The molecule has 4 aromatic carbocycles. The van der Waals surface area contributed by atoms with Crippen molar-refractivity contribution in [1.29, 1.82) is 0 Å². The van der Waals surface area contributed by atoms with Crippen LogP contribution in [0.2, 0.25) is 10.0 Å². The minimum atomic E-state index is -0.364. The highest BCUT2D eigenvalue weighted by molar-refractivity contribution is 6.36. The van der Waals surface area contributed by atoms with E-state index in [1.807, 2.05) is 48.7 Å². The van der Waals surface area contributed by atoms with Gasteiger partial charge in [-0.1, -0.05) is 91.2 Å². The Labute approximate surface area is 262 Å². The van der Waals surface area contributed by atoms with Crippen LogP contribution in [0.4, 0.5) is 0 Å². The number of nitrogens with zero attached hydrogens (tertiary/aromatic N) is 2. The minimum Gasteiger partial charge on any atom is -0.494 e. The van der Waals surface area contributed by atoms with Crippen LogP contribution in [0.5, 0.6) is 5.75 Å². The molecule has 1 aromatic heterocycles. The van der Waals surface area contributed by atoms with E-state index in [2.05, 4.69) is 47.9 Å². The Morgan fingerprint density at radius 2 is 1.70 bits per heavy atom. The summed E-state index contributed by atoms with van der Waals surface area (Å²) in [7, 11) is 1.37. The third-order valence-electron chi connectivity index (χ3n) is 7.01. The molecule has 5 nitrogen and oxygen atoms in total. The van der Waals surface area contributed by atoms with E-state index in [0.717, 1.165) is 64.5 Å². The fourth-order valence-corrected chi connectivity index (χ4v) is 5.14. The van der Waals surface area contributed by atoms with Gasteiger partial charge in [-0.05, 0) is 77.2 Å². The number of hydrogen-bond acceptors (Lipinski definition) is 4. The fraction of sp³-hybridized carbons (Fsp3) is 0.167. The summed E-state index contributed by atoms with van der Waals surface area (Å²) in [6.45, 7) is 3.43. The number of unbranched alkanes of at least 4 members (excludes halogenated alkanes) is 1. The smallest absolute Gasteiger partial charge is 0.337 e. The third-order valence-corrected chi connectivity index (χ3v) is 7.56. The molecular formula is C36H32Cl2N2O3. The number of carbonyl (C=O) groups is 1. The summed E-state index contributed by atoms with van der Waals surface area (Å²) in [6, 6.07) is 29.3. The average molecular weight is 612 g/mol. The molecule has 0 spiro atoms. The molecule has 0 fully saturated rings. The van der Waals surface area contributed by atoms with Crippen LogP contribution in [-0.2, 0) is 11.3 Å². The summed E-state index contributed by atoms with van der Waals surface area (Å²) in [5, 5.41) is 1.10. The largest absolute Gasteiger partial charge is 0.494 e. The molecular weight excluding hydrogens is 579 g/mol. The van der Waals surface area contributed by atoms with E-state index in [-0.39, 0.29) is 5.97 Å². The van der Waals surface area contributed by atoms with Crippen LogP contribution in [0.1, 0.15) is 47.1 Å². The monoisotopic (exact) mass is 610 g/mol. The van der Waals surface area contributed by atoms with Gasteiger partial charge in [-0.15, -0.1) is 0 Å². The predicted molar refractivity (Wildman–Crippen MR) is 176 cm³/mol. The lowest BCUT2D eigenvalue weighted by Gasteiger charge is -2.08. The molecule has 43 heavy (non-hydrogen) atoms. The zero-order chi connectivity index (χ0) is 30.2. The second kappa shape index (κ2) is 14.2. The summed E-state index contributed by atoms with van der Waals surface area (Å²) >= 11 is 12.7. The number of methoxy groups -OCH3 is 1. The number of esters is 1. The molecule has 218 valence electrons. The van der Waals surface area contributed by atoms with Crippen molar-refractivity contribution in [3.8, 4) is 28.1 Å². The van der Waals surface area contributed by atoms with Gasteiger partial charge < -0.3 is 14.0 Å².